The first kappa shape index (κ1) is 20.4. The van der Waals surface area contributed by atoms with Crippen molar-refractivity contribution in [3.8, 4) is 5.75 Å². The number of hydrogen-bond donors (Lipinski definition) is 2. The zero-order valence-electron chi connectivity index (χ0n) is 13.4. The topological polar surface area (TPSA) is 45.7 Å². The van der Waals surface area contributed by atoms with Crippen molar-refractivity contribution in [1.29, 1.82) is 0 Å². The second-order valence-corrected chi connectivity index (χ2v) is 7.87. The van der Waals surface area contributed by atoms with Gasteiger partial charge in [0.1, 0.15) is 6.61 Å². The summed E-state index contributed by atoms with van der Waals surface area (Å²) in [6.07, 6.45) is 1.64. The molecule has 0 aromatic heterocycles. The summed E-state index contributed by atoms with van der Waals surface area (Å²) in [7, 11) is 0. The number of thiocarbonyl (C=S) groups is 1. The first-order valence-corrected chi connectivity index (χ1v) is 10.1. The molecule has 2 N–H and O–H groups in total. The highest BCUT2D eigenvalue weighted by Gasteiger charge is 2.09. The molecule has 132 valence electrons. The fourth-order valence-corrected chi connectivity index (χ4v) is 3.44. The van der Waals surface area contributed by atoms with Crippen molar-refractivity contribution < 1.29 is 4.74 Å². The highest BCUT2D eigenvalue weighted by molar-refractivity contribution is 14.1. The molecule has 4 nitrogen and oxygen atoms in total. The molecule has 25 heavy (non-hydrogen) atoms. The standard InChI is InChI=1S/C17H16BrClIN3OS/c1-2-21-17(25)23-22-9-12-7-14(18)16(15(19)8-12)24-10-11-3-5-13(20)6-4-11/h3-9H,2,10H2,1H3,(H2,21,23,25)/b22-9-. The van der Waals surface area contributed by atoms with Crippen LogP contribution in [0.2, 0.25) is 5.02 Å². The Bertz CT molecular complexity index is 748. The summed E-state index contributed by atoms with van der Waals surface area (Å²) in [4.78, 5) is 0. The van der Waals surface area contributed by atoms with Crippen molar-refractivity contribution >= 4 is 73.7 Å². The fourth-order valence-electron chi connectivity index (χ4n) is 1.89. The van der Waals surface area contributed by atoms with Gasteiger partial charge in [-0.05, 0) is 93.1 Å². The van der Waals surface area contributed by atoms with E-state index < -0.39 is 0 Å². The summed E-state index contributed by atoms with van der Waals surface area (Å²) in [6.45, 7) is 3.15. The normalized spacial score (nSPS) is 10.7. The molecule has 0 bridgehead atoms. The first-order chi connectivity index (χ1) is 12.0. The molecule has 0 heterocycles. The number of nitrogens with one attached hydrogen (secondary N) is 2. The molecular weight excluding hydrogens is 537 g/mol. The summed E-state index contributed by atoms with van der Waals surface area (Å²) in [5, 5.41) is 8.01. The van der Waals surface area contributed by atoms with Gasteiger partial charge in [0.05, 0.1) is 15.7 Å². The second kappa shape index (κ2) is 10.3. The molecule has 0 atom stereocenters. The third-order valence-electron chi connectivity index (χ3n) is 3.03. The van der Waals surface area contributed by atoms with Crippen LogP contribution in [0.25, 0.3) is 0 Å². The Kier molecular flexibility index (Phi) is 8.41. The average Bonchev–Trinajstić information content (AvgIpc) is 2.56. The maximum atomic E-state index is 6.34. The number of hydrogen-bond acceptors (Lipinski definition) is 3. The molecule has 8 heteroatoms. The second-order valence-electron chi connectivity index (χ2n) is 4.96. The molecule has 0 aliphatic rings. The van der Waals surface area contributed by atoms with Gasteiger partial charge in [0.15, 0.2) is 10.9 Å². The van der Waals surface area contributed by atoms with E-state index >= 15 is 0 Å². The van der Waals surface area contributed by atoms with E-state index in [2.05, 4.69) is 54.4 Å². The van der Waals surface area contributed by atoms with Crippen LogP contribution in [0, 0.1) is 3.57 Å². The minimum atomic E-state index is 0.446. The molecule has 2 aromatic rings. The van der Waals surface area contributed by atoms with Gasteiger partial charge in [-0.1, -0.05) is 23.7 Å². The Balaban J connectivity index is 2.02. The van der Waals surface area contributed by atoms with E-state index in [1.54, 1.807) is 12.3 Å². The molecule has 2 rings (SSSR count). The third kappa shape index (κ3) is 6.73. The summed E-state index contributed by atoms with van der Waals surface area (Å²) >= 11 is 17.1. The van der Waals surface area contributed by atoms with Crippen LogP contribution in [-0.4, -0.2) is 17.9 Å². The summed E-state index contributed by atoms with van der Waals surface area (Å²) in [6, 6.07) is 11.8. The van der Waals surface area contributed by atoms with E-state index in [1.807, 2.05) is 37.3 Å². The molecule has 0 saturated carbocycles. The lowest BCUT2D eigenvalue weighted by atomic mass is 10.2. The van der Waals surface area contributed by atoms with E-state index in [1.165, 1.54) is 3.57 Å². The molecule has 0 aliphatic heterocycles. The lowest BCUT2D eigenvalue weighted by Crippen LogP contribution is -2.31. The van der Waals surface area contributed by atoms with Crippen LogP contribution in [0.4, 0.5) is 0 Å². The van der Waals surface area contributed by atoms with Crippen LogP contribution in [0.15, 0.2) is 46.0 Å². The van der Waals surface area contributed by atoms with Gasteiger partial charge in [0.2, 0.25) is 0 Å². The Hall–Kier alpha value is -0.900. The van der Waals surface area contributed by atoms with Gasteiger partial charge in [0.25, 0.3) is 0 Å². The van der Waals surface area contributed by atoms with Crippen LogP contribution in [-0.2, 0) is 6.61 Å². The van der Waals surface area contributed by atoms with E-state index in [4.69, 9.17) is 28.6 Å². The molecular formula is C17H16BrClIN3OS. The van der Waals surface area contributed by atoms with Crippen molar-refractivity contribution in [3.63, 3.8) is 0 Å². The fraction of sp³-hybridized carbons (Fsp3) is 0.176. The predicted molar refractivity (Wildman–Crippen MR) is 120 cm³/mol. The summed E-state index contributed by atoms with van der Waals surface area (Å²) in [5.41, 5.74) is 4.64. The number of rotatable bonds is 6. The highest BCUT2D eigenvalue weighted by Crippen LogP contribution is 2.34. The van der Waals surface area contributed by atoms with E-state index in [0.29, 0.717) is 22.5 Å². The first-order valence-electron chi connectivity index (χ1n) is 7.42. The predicted octanol–water partition coefficient (Wildman–Crippen LogP) is 5.10. The van der Waals surface area contributed by atoms with Gasteiger partial charge in [-0.25, -0.2) is 0 Å². The SMILES string of the molecule is CCNC(=S)N/N=C\c1cc(Cl)c(OCc2ccc(I)cc2)c(Br)c1. The highest BCUT2D eigenvalue weighted by atomic mass is 127. The maximum Gasteiger partial charge on any atom is 0.186 e. The molecule has 0 aliphatic carbocycles. The lowest BCUT2D eigenvalue weighted by Gasteiger charge is -2.11. The molecule has 0 spiro atoms. The molecule has 2 aromatic carbocycles. The van der Waals surface area contributed by atoms with Crippen molar-refractivity contribution in [2.75, 3.05) is 6.54 Å². The van der Waals surface area contributed by atoms with Crippen molar-refractivity contribution in [1.82, 2.24) is 10.7 Å². The van der Waals surface area contributed by atoms with E-state index in [9.17, 15) is 0 Å². The number of halogens is 3. The number of benzene rings is 2. The number of nitrogens with zero attached hydrogens (tertiary/aromatic N) is 1. The van der Waals surface area contributed by atoms with Crippen molar-refractivity contribution in [3.05, 3.63) is 60.6 Å². The molecule has 0 fully saturated rings. The lowest BCUT2D eigenvalue weighted by molar-refractivity contribution is 0.304. The van der Waals surface area contributed by atoms with Gasteiger partial charge in [-0.2, -0.15) is 5.10 Å². The zero-order chi connectivity index (χ0) is 18.2. The maximum absolute atomic E-state index is 6.34. The quantitative estimate of drug-likeness (QED) is 0.227. The molecule has 0 amide bonds. The van der Waals surface area contributed by atoms with Gasteiger partial charge in [-0.3, -0.25) is 5.43 Å². The molecule has 0 radical (unpaired) electrons. The minimum absolute atomic E-state index is 0.446. The van der Waals surface area contributed by atoms with Crippen LogP contribution in [0.3, 0.4) is 0 Å². The van der Waals surface area contributed by atoms with Crippen LogP contribution in [0.5, 0.6) is 5.75 Å². The summed E-state index contributed by atoms with van der Waals surface area (Å²) < 4.78 is 7.80. The largest absolute Gasteiger partial charge is 0.486 e. The van der Waals surface area contributed by atoms with Gasteiger partial charge in [-0.15, -0.1) is 0 Å². The van der Waals surface area contributed by atoms with Gasteiger partial charge in [0, 0.05) is 10.1 Å². The Labute approximate surface area is 179 Å². The van der Waals surface area contributed by atoms with Gasteiger partial charge >= 0.3 is 0 Å². The van der Waals surface area contributed by atoms with Crippen LogP contribution < -0.4 is 15.5 Å². The van der Waals surface area contributed by atoms with Crippen LogP contribution >= 0.6 is 62.3 Å². The van der Waals surface area contributed by atoms with Crippen LogP contribution in [0.1, 0.15) is 18.1 Å². The summed E-state index contributed by atoms with van der Waals surface area (Å²) in [5.74, 6) is 0.605. The minimum Gasteiger partial charge on any atom is -0.486 e. The Morgan fingerprint density at radius 3 is 2.72 bits per heavy atom. The van der Waals surface area contributed by atoms with Gasteiger partial charge < -0.3 is 10.1 Å². The smallest absolute Gasteiger partial charge is 0.186 e. The monoisotopic (exact) mass is 551 g/mol. The Morgan fingerprint density at radius 2 is 2.08 bits per heavy atom. The van der Waals surface area contributed by atoms with E-state index in [-0.39, 0.29) is 0 Å². The number of hydrazone groups is 1. The number of ether oxygens (including phenoxy) is 1. The zero-order valence-corrected chi connectivity index (χ0v) is 18.7. The average molecular weight is 553 g/mol. The third-order valence-corrected chi connectivity index (χ3v) is 4.86. The van der Waals surface area contributed by atoms with Crippen molar-refractivity contribution in [2.45, 2.75) is 13.5 Å². The molecule has 0 saturated heterocycles. The van der Waals surface area contributed by atoms with Crippen molar-refractivity contribution in [2.24, 2.45) is 5.10 Å². The van der Waals surface area contributed by atoms with E-state index in [0.717, 1.165) is 22.1 Å². The Morgan fingerprint density at radius 1 is 1.36 bits per heavy atom. The molecule has 0 unspecified atom stereocenters.